The lowest BCUT2D eigenvalue weighted by Crippen LogP contribution is -2.28. The molecule has 2 aliphatic rings. The van der Waals surface area contributed by atoms with E-state index in [1.54, 1.807) is 0 Å². The van der Waals surface area contributed by atoms with Gasteiger partial charge in [-0.25, -0.2) is 0 Å². The van der Waals surface area contributed by atoms with Gasteiger partial charge in [0.2, 0.25) is 0 Å². The first kappa shape index (κ1) is 15.1. The fraction of sp³-hybridized carbons (Fsp3) is 0.190. The molecule has 0 saturated heterocycles. The zero-order valence-corrected chi connectivity index (χ0v) is 14.7. The molecule has 0 radical (unpaired) electrons. The molecule has 2 aromatic heterocycles. The molecule has 1 aliphatic heterocycles. The average Bonchev–Trinajstić information content (AvgIpc) is 3.14. The molecular weight excluding hydrogens is 322 g/mol. The molecule has 2 atom stereocenters. The van der Waals surface area contributed by atoms with E-state index in [1.165, 1.54) is 5.69 Å². The summed E-state index contributed by atoms with van der Waals surface area (Å²) in [5, 5.41) is 3.62. The summed E-state index contributed by atoms with van der Waals surface area (Å²) in [6.07, 6.45) is 3.65. The van der Waals surface area contributed by atoms with Crippen LogP contribution in [0.25, 0.3) is 11.4 Å². The molecule has 5 nitrogen and oxygen atoms in total. The minimum absolute atomic E-state index is 0.0268. The summed E-state index contributed by atoms with van der Waals surface area (Å²) in [7, 11) is 4.09. The highest BCUT2D eigenvalue weighted by atomic mass is 15.1. The lowest BCUT2D eigenvalue weighted by atomic mass is 9.85. The molecule has 1 aromatic carbocycles. The third-order valence-electron chi connectivity index (χ3n) is 5.09. The number of nitrogens with zero attached hydrogens (tertiary/aromatic N) is 4. The summed E-state index contributed by atoms with van der Waals surface area (Å²) in [5.74, 6) is 0.928. The van der Waals surface area contributed by atoms with E-state index >= 15 is 0 Å². The third-order valence-corrected chi connectivity index (χ3v) is 5.09. The molecular formula is C21H19N5. The number of anilines is 1. The minimum Gasteiger partial charge on any atom is -0.378 e. The van der Waals surface area contributed by atoms with Crippen molar-refractivity contribution in [1.29, 1.82) is 0 Å². The van der Waals surface area contributed by atoms with Crippen molar-refractivity contribution < 1.29 is 0 Å². The van der Waals surface area contributed by atoms with Crippen molar-refractivity contribution >= 4 is 11.5 Å². The Morgan fingerprint density at radius 3 is 2.19 bits per heavy atom. The number of rotatable bonds is 2. The maximum Gasteiger partial charge on any atom is 0.129 e. The monoisotopic (exact) mass is 341 g/mol. The van der Waals surface area contributed by atoms with Gasteiger partial charge >= 0.3 is 0 Å². The highest BCUT2D eigenvalue weighted by molar-refractivity contribution is 6.01. The predicted octanol–water partition coefficient (Wildman–Crippen LogP) is 3.36. The first-order chi connectivity index (χ1) is 12.7. The van der Waals surface area contributed by atoms with E-state index in [9.17, 15) is 0 Å². The topological polar surface area (TPSA) is 53.4 Å². The van der Waals surface area contributed by atoms with E-state index in [0.717, 1.165) is 33.9 Å². The minimum atomic E-state index is 0.0268. The molecule has 3 aromatic rings. The van der Waals surface area contributed by atoms with Gasteiger partial charge in [0.15, 0.2) is 0 Å². The highest BCUT2D eigenvalue weighted by Crippen LogP contribution is 2.46. The van der Waals surface area contributed by atoms with E-state index in [2.05, 4.69) is 56.6 Å². The average molecular weight is 341 g/mol. The standard InChI is InChI=1S/C21H19N5/c1-26(2)14-9-7-13(8-10-14)21-24-19-15-5-3-11-22-17(15)18-16(20(19)25-21)6-4-12-23-18/h3-12,19-20H,1-2H3,(H,24,25). The van der Waals surface area contributed by atoms with Crippen molar-refractivity contribution in [2.24, 2.45) is 4.99 Å². The van der Waals surface area contributed by atoms with Crippen LogP contribution in [0.4, 0.5) is 5.69 Å². The Bertz CT molecular complexity index is 1010. The van der Waals surface area contributed by atoms with Crippen molar-refractivity contribution in [3.63, 3.8) is 0 Å². The molecule has 0 bridgehead atoms. The molecule has 0 fully saturated rings. The summed E-state index contributed by atoms with van der Waals surface area (Å²) in [6.45, 7) is 0. The van der Waals surface area contributed by atoms with Gasteiger partial charge < -0.3 is 10.2 Å². The van der Waals surface area contributed by atoms with Gasteiger partial charge in [-0.3, -0.25) is 15.0 Å². The SMILES string of the molecule is CN(C)c1ccc(C2=NC3c4cccnc4-c4ncccc4C3N2)cc1. The molecule has 0 spiro atoms. The van der Waals surface area contributed by atoms with Crippen LogP contribution in [0.15, 0.2) is 65.9 Å². The Morgan fingerprint density at radius 2 is 1.50 bits per heavy atom. The van der Waals surface area contributed by atoms with Gasteiger partial charge in [-0.05, 0) is 36.4 Å². The van der Waals surface area contributed by atoms with Gasteiger partial charge in [0.05, 0.1) is 17.4 Å². The van der Waals surface area contributed by atoms with Gasteiger partial charge in [0.25, 0.3) is 0 Å². The van der Waals surface area contributed by atoms with Crippen LogP contribution in [0, 0.1) is 0 Å². The third kappa shape index (κ3) is 2.20. The summed E-state index contributed by atoms with van der Waals surface area (Å²) in [4.78, 5) is 16.3. The normalized spacial score (nSPS) is 19.7. The van der Waals surface area contributed by atoms with Crippen LogP contribution in [0.5, 0.6) is 0 Å². The summed E-state index contributed by atoms with van der Waals surface area (Å²) < 4.78 is 0. The quantitative estimate of drug-likeness (QED) is 0.777. The number of aliphatic imine (C=N–C) groups is 1. The van der Waals surface area contributed by atoms with E-state index in [-0.39, 0.29) is 12.1 Å². The first-order valence-corrected chi connectivity index (χ1v) is 8.74. The number of hydrogen-bond donors (Lipinski definition) is 1. The number of benzene rings is 1. The number of pyridine rings is 2. The number of hydrogen-bond acceptors (Lipinski definition) is 5. The van der Waals surface area contributed by atoms with Gasteiger partial charge in [-0.2, -0.15) is 0 Å². The Labute approximate surface area is 152 Å². The fourth-order valence-corrected chi connectivity index (χ4v) is 3.77. The van der Waals surface area contributed by atoms with Gasteiger partial charge in [0, 0.05) is 48.9 Å². The van der Waals surface area contributed by atoms with E-state index in [1.807, 2.05) is 38.6 Å². The molecule has 2 unspecified atom stereocenters. The number of amidine groups is 1. The largest absolute Gasteiger partial charge is 0.378 e. The zero-order valence-electron chi connectivity index (χ0n) is 14.7. The second kappa shape index (κ2) is 5.66. The summed E-state index contributed by atoms with van der Waals surface area (Å²) >= 11 is 0. The van der Waals surface area contributed by atoms with E-state index < -0.39 is 0 Å². The first-order valence-electron chi connectivity index (χ1n) is 8.74. The van der Waals surface area contributed by atoms with E-state index in [0.29, 0.717) is 0 Å². The van der Waals surface area contributed by atoms with Crippen LogP contribution in [0.1, 0.15) is 28.8 Å². The van der Waals surface area contributed by atoms with Crippen molar-refractivity contribution in [1.82, 2.24) is 15.3 Å². The number of fused-ring (bicyclic) bond motifs is 6. The Hall–Kier alpha value is -3.21. The Morgan fingerprint density at radius 1 is 0.846 bits per heavy atom. The maximum absolute atomic E-state index is 5.02. The smallest absolute Gasteiger partial charge is 0.129 e. The number of nitrogens with one attached hydrogen (secondary N) is 1. The highest BCUT2D eigenvalue weighted by Gasteiger charge is 2.39. The van der Waals surface area contributed by atoms with Crippen LogP contribution < -0.4 is 10.2 Å². The van der Waals surface area contributed by atoms with Gasteiger partial charge in [-0.1, -0.05) is 12.1 Å². The van der Waals surface area contributed by atoms with Gasteiger partial charge in [0.1, 0.15) is 11.9 Å². The maximum atomic E-state index is 5.02. The second-order valence-corrected chi connectivity index (χ2v) is 6.87. The molecule has 26 heavy (non-hydrogen) atoms. The molecule has 5 rings (SSSR count). The van der Waals surface area contributed by atoms with Crippen LogP contribution in [0.2, 0.25) is 0 Å². The van der Waals surface area contributed by atoms with Crippen molar-refractivity contribution in [2.45, 2.75) is 12.1 Å². The molecule has 0 saturated carbocycles. The van der Waals surface area contributed by atoms with Crippen molar-refractivity contribution in [3.8, 4) is 11.4 Å². The second-order valence-electron chi connectivity index (χ2n) is 6.87. The molecule has 1 aliphatic carbocycles. The molecule has 1 N–H and O–H groups in total. The molecule has 0 amide bonds. The predicted molar refractivity (Wildman–Crippen MR) is 103 cm³/mol. The molecule has 3 heterocycles. The van der Waals surface area contributed by atoms with Crippen molar-refractivity contribution in [3.05, 3.63) is 77.6 Å². The van der Waals surface area contributed by atoms with Crippen LogP contribution in [0.3, 0.4) is 0 Å². The van der Waals surface area contributed by atoms with Gasteiger partial charge in [-0.15, -0.1) is 0 Å². The molecule has 128 valence electrons. The molecule has 5 heteroatoms. The lowest BCUT2D eigenvalue weighted by molar-refractivity contribution is 0.561. The summed E-state index contributed by atoms with van der Waals surface area (Å²) in [5.41, 5.74) is 6.47. The Balaban J connectivity index is 1.59. The van der Waals surface area contributed by atoms with Crippen LogP contribution >= 0.6 is 0 Å². The van der Waals surface area contributed by atoms with Crippen LogP contribution in [-0.2, 0) is 0 Å². The summed E-state index contributed by atoms with van der Waals surface area (Å²) in [6, 6.07) is 16.8. The van der Waals surface area contributed by atoms with E-state index in [4.69, 9.17) is 4.99 Å². The zero-order chi connectivity index (χ0) is 17.7. The lowest BCUT2D eigenvalue weighted by Gasteiger charge is -2.27. The fourth-order valence-electron chi connectivity index (χ4n) is 3.77. The Kier molecular flexibility index (Phi) is 3.28. The number of aromatic nitrogens is 2. The van der Waals surface area contributed by atoms with Crippen LogP contribution in [-0.4, -0.2) is 29.9 Å². The van der Waals surface area contributed by atoms with Crippen molar-refractivity contribution in [2.75, 3.05) is 19.0 Å².